The molecule has 0 fully saturated rings. The minimum Gasteiger partial charge on any atom is -0.467 e. The SMILES string of the molecule is O=C(CC(Nc1ccc(Cl)c([N+](=O)[O-])c1)c1ccco1)Nc1ccc(Cl)cc1. The van der Waals surface area contributed by atoms with Gasteiger partial charge in [0.1, 0.15) is 10.8 Å². The predicted molar refractivity (Wildman–Crippen MR) is 108 cm³/mol. The summed E-state index contributed by atoms with van der Waals surface area (Å²) in [5.41, 5.74) is 0.821. The Morgan fingerprint density at radius 1 is 1.11 bits per heavy atom. The van der Waals surface area contributed by atoms with Crippen molar-refractivity contribution in [3.8, 4) is 0 Å². The first kappa shape index (κ1) is 19.7. The van der Waals surface area contributed by atoms with E-state index in [9.17, 15) is 14.9 Å². The van der Waals surface area contributed by atoms with E-state index in [-0.39, 0.29) is 23.0 Å². The van der Waals surface area contributed by atoms with Gasteiger partial charge in [-0.25, -0.2) is 0 Å². The van der Waals surface area contributed by atoms with Gasteiger partial charge in [0.25, 0.3) is 5.69 Å². The first-order valence-corrected chi connectivity index (χ1v) is 8.97. The average molecular weight is 420 g/mol. The van der Waals surface area contributed by atoms with Gasteiger partial charge in [0, 0.05) is 22.5 Å². The molecule has 0 saturated heterocycles. The standard InChI is InChI=1S/C19H15Cl2N3O4/c20-12-3-5-13(6-4-12)23-19(25)11-16(18-2-1-9-28-18)22-14-7-8-15(21)17(10-14)24(26)27/h1-10,16,22H,11H2,(H,23,25). The number of amides is 1. The number of anilines is 2. The zero-order valence-electron chi connectivity index (χ0n) is 14.4. The van der Waals surface area contributed by atoms with E-state index in [1.54, 1.807) is 42.5 Å². The van der Waals surface area contributed by atoms with Crippen molar-refractivity contribution in [2.45, 2.75) is 12.5 Å². The molecule has 0 aliphatic heterocycles. The van der Waals surface area contributed by atoms with Gasteiger partial charge in [-0.3, -0.25) is 14.9 Å². The fourth-order valence-electron chi connectivity index (χ4n) is 2.59. The molecule has 1 heterocycles. The first-order valence-electron chi connectivity index (χ1n) is 8.21. The van der Waals surface area contributed by atoms with Crippen LogP contribution in [0, 0.1) is 10.1 Å². The number of benzene rings is 2. The number of halogens is 2. The number of nitro groups is 1. The van der Waals surface area contributed by atoms with Gasteiger partial charge < -0.3 is 15.1 Å². The zero-order chi connectivity index (χ0) is 20.1. The van der Waals surface area contributed by atoms with Crippen molar-refractivity contribution in [1.82, 2.24) is 0 Å². The van der Waals surface area contributed by atoms with Crippen molar-refractivity contribution in [3.05, 3.63) is 86.8 Å². The second-order valence-electron chi connectivity index (χ2n) is 5.89. The van der Waals surface area contributed by atoms with Crippen LogP contribution in [0.1, 0.15) is 18.2 Å². The van der Waals surface area contributed by atoms with Gasteiger partial charge in [-0.1, -0.05) is 23.2 Å². The van der Waals surface area contributed by atoms with E-state index in [1.165, 1.54) is 18.4 Å². The lowest BCUT2D eigenvalue weighted by molar-refractivity contribution is -0.384. The Bertz CT molecular complexity index is 975. The highest BCUT2D eigenvalue weighted by molar-refractivity contribution is 6.32. The summed E-state index contributed by atoms with van der Waals surface area (Å²) in [7, 11) is 0. The smallest absolute Gasteiger partial charge is 0.289 e. The molecule has 7 nitrogen and oxygen atoms in total. The fraction of sp³-hybridized carbons (Fsp3) is 0.105. The molecule has 1 aromatic heterocycles. The first-order chi connectivity index (χ1) is 13.4. The largest absolute Gasteiger partial charge is 0.467 e. The summed E-state index contributed by atoms with van der Waals surface area (Å²) in [6.07, 6.45) is 1.53. The summed E-state index contributed by atoms with van der Waals surface area (Å²) in [6.45, 7) is 0. The second kappa shape index (κ2) is 8.77. The summed E-state index contributed by atoms with van der Waals surface area (Å²) in [4.78, 5) is 23.0. The van der Waals surface area contributed by atoms with E-state index in [1.807, 2.05) is 0 Å². The molecule has 28 heavy (non-hydrogen) atoms. The number of nitro benzene ring substituents is 1. The van der Waals surface area contributed by atoms with E-state index >= 15 is 0 Å². The Kier molecular flexibility index (Phi) is 6.18. The number of furan rings is 1. The number of hydrogen-bond acceptors (Lipinski definition) is 5. The highest BCUT2D eigenvalue weighted by Gasteiger charge is 2.21. The molecule has 2 aromatic carbocycles. The Morgan fingerprint density at radius 3 is 2.46 bits per heavy atom. The van der Waals surface area contributed by atoms with Crippen LogP contribution in [-0.4, -0.2) is 10.8 Å². The van der Waals surface area contributed by atoms with Crippen LogP contribution in [-0.2, 0) is 4.79 Å². The lowest BCUT2D eigenvalue weighted by Gasteiger charge is -2.18. The third-order valence-electron chi connectivity index (χ3n) is 3.89. The molecule has 3 rings (SSSR count). The minimum atomic E-state index is -0.567. The summed E-state index contributed by atoms with van der Waals surface area (Å²) in [6, 6.07) is 14.0. The molecule has 9 heteroatoms. The lowest BCUT2D eigenvalue weighted by atomic mass is 10.1. The summed E-state index contributed by atoms with van der Waals surface area (Å²) >= 11 is 11.7. The lowest BCUT2D eigenvalue weighted by Crippen LogP contribution is -2.20. The van der Waals surface area contributed by atoms with Gasteiger partial charge in [0.2, 0.25) is 5.91 Å². The number of nitrogens with one attached hydrogen (secondary N) is 2. The molecule has 0 radical (unpaired) electrons. The number of carbonyl (C=O) groups is 1. The predicted octanol–water partition coefficient (Wildman–Crippen LogP) is 5.68. The molecule has 0 saturated carbocycles. The number of nitrogens with zero attached hydrogens (tertiary/aromatic N) is 1. The third kappa shape index (κ3) is 5.03. The molecule has 0 aliphatic rings. The van der Waals surface area contributed by atoms with Gasteiger partial charge in [-0.2, -0.15) is 0 Å². The molecule has 0 bridgehead atoms. The highest BCUT2D eigenvalue weighted by atomic mass is 35.5. The van der Waals surface area contributed by atoms with Crippen LogP contribution in [0.2, 0.25) is 10.0 Å². The maximum absolute atomic E-state index is 12.5. The molecular weight excluding hydrogens is 405 g/mol. The summed E-state index contributed by atoms with van der Waals surface area (Å²) in [5, 5.41) is 17.6. The second-order valence-corrected chi connectivity index (χ2v) is 6.74. The van der Waals surface area contributed by atoms with Gasteiger partial charge >= 0.3 is 0 Å². The van der Waals surface area contributed by atoms with Crippen molar-refractivity contribution in [2.24, 2.45) is 0 Å². The highest BCUT2D eigenvalue weighted by Crippen LogP contribution is 2.30. The maximum Gasteiger partial charge on any atom is 0.289 e. The van der Waals surface area contributed by atoms with Crippen molar-refractivity contribution >= 4 is 46.2 Å². The molecule has 1 unspecified atom stereocenters. The van der Waals surface area contributed by atoms with Crippen LogP contribution in [0.15, 0.2) is 65.3 Å². The molecule has 144 valence electrons. The van der Waals surface area contributed by atoms with Gasteiger partial charge in [0.15, 0.2) is 0 Å². The van der Waals surface area contributed by atoms with Gasteiger partial charge in [0.05, 0.1) is 23.6 Å². The van der Waals surface area contributed by atoms with E-state index in [0.29, 0.717) is 22.2 Å². The Morgan fingerprint density at radius 2 is 1.82 bits per heavy atom. The van der Waals surface area contributed by atoms with Crippen LogP contribution in [0.5, 0.6) is 0 Å². The molecule has 2 N–H and O–H groups in total. The van der Waals surface area contributed by atoms with Crippen LogP contribution in [0.3, 0.4) is 0 Å². The number of rotatable bonds is 7. The topological polar surface area (TPSA) is 97.4 Å². The van der Waals surface area contributed by atoms with E-state index in [4.69, 9.17) is 27.6 Å². The third-order valence-corrected chi connectivity index (χ3v) is 4.46. The van der Waals surface area contributed by atoms with Crippen molar-refractivity contribution in [2.75, 3.05) is 10.6 Å². The number of hydrogen-bond donors (Lipinski definition) is 2. The van der Waals surface area contributed by atoms with E-state index in [0.717, 1.165) is 0 Å². The fourth-order valence-corrected chi connectivity index (χ4v) is 2.90. The Balaban J connectivity index is 1.76. The Labute approximate surface area is 170 Å². The summed E-state index contributed by atoms with van der Waals surface area (Å²) in [5.74, 6) is 0.253. The van der Waals surface area contributed by atoms with Crippen molar-refractivity contribution < 1.29 is 14.1 Å². The molecule has 1 atom stereocenters. The average Bonchev–Trinajstić information content (AvgIpc) is 3.19. The molecule has 0 spiro atoms. The van der Waals surface area contributed by atoms with Gasteiger partial charge in [-0.15, -0.1) is 0 Å². The number of carbonyl (C=O) groups excluding carboxylic acids is 1. The van der Waals surface area contributed by atoms with Crippen LogP contribution < -0.4 is 10.6 Å². The summed E-state index contributed by atoms with van der Waals surface area (Å²) < 4.78 is 5.42. The van der Waals surface area contributed by atoms with Gasteiger partial charge in [-0.05, 0) is 48.5 Å². The molecule has 1 amide bonds. The van der Waals surface area contributed by atoms with Crippen molar-refractivity contribution in [1.29, 1.82) is 0 Å². The quantitative estimate of drug-likeness (QED) is 0.379. The maximum atomic E-state index is 12.5. The molecule has 3 aromatic rings. The monoisotopic (exact) mass is 419 g/mol. The molecular formula is C19H15Cl2N3O4. The molecule has 0 aliphatic carbocycles. The van der Waals surface area contributed by atoms with E-state index in [2.05, 4.69) is 10.6 Å². The van der Waals surface area contributed by atoms with E-state index < -0.39 is 11.0 Å². The van der Waals surface area contributed by atoms with Crippen LogP contribution in [0.25, 0.3) is 0 Å². The minimum absolute atomic E-state index is 0.0329. The van der Waals surface area contributed by atoms with Crippen LogP contribution >= 0.6 is 23.2 Å². The zero-order valence-corrected chi connectivity index (χ0v) is 15.9. The Hall–Kier alpha value is -3.03. The normalized spacial score (nSPS) is 11.6. The van der Waals surface area contributed by atoms with Crippen LogP contribution in [0.4, 0.5) is 17.1 Å². The van der Waals surface area contributed by atoms with Crippen molar-refractivity contribution in [3.63, 3.8) is 0 Å².